The number of aliphatic hydroxyl groups is 1. The number of aromatic nitrogens is 2. The Hall–Kier alpha value is -2.18. The smallest absolute Gasteiger partial charge is 0.244 e. The van der Waals surface area contributed by atoms with E-state index in [9.17, 15) is 9.90 Å². The highest BCUT2D eigenvalue weighted by molar-refractivity contribution is 5.97. The maximum atomic E-state index is 12.9. The normalized spacial score (nSPS) is 19.7. The topological polar surface area (TPSA) is 61.6 Å². The first-order chi connectivity index (χ1) is 11.6. The minimum Gasteiger partial charge on any atom is -0.390 e. The number of hydrogen-bond donors (Lipinski definition) is 1. The lowest BCUT2D eigenvalue weighted by Crippen LogP contribution is -2.53. The third kappa shape index (κ3) is 3.83. The van der Waals surface area contributed by atoms with Gasteiger partial charge in [0.25, 0.3) is 0 Å². The number of piperidine rings is 1. The van der Waals surface area contributed by atoms with E-state index in [1.807, 2.05) is 59.4 Å². The summed E-state index contributed by atoms with van der Waals surface area (Å²) in [6.45, 7) is 1.63. The van der Waals surface area contributed by atoms with Gasteiger partial charge in [-0.25, -0.2) is 0 Å². The molecule has 6 nitrogen and oxygen atoms in total. The van der Waals surface area contributed by atoms with E-state index < -0.39 is 6.10 Å². The van der Waals surface area contributed by atoms with Gasteiger partial charge in [0.15, 0.2) is 0 Å². The molecule has 0 bridgehead atoms. The minimum absolute atomic E-state index is 0.112. The van der Waals surface area contributed by atoms with E-state index >= 15 is 0 Å². The molecule has 0 radical (unpaired) electrons. The van der Waals surface area contributed by atoms with Crippen LogP contribution in [-0.4, -0.2) is 58.0 Å². The van der Waals surface area contributed by atoms with Crippen molar-refractivity contribution >= 4 is 11.6 Å². The van der Waals surface area contributed by atoms with Crippen LogP contribution in [0.15, 0.2) is 48.8 Å². The number of carbonyl (C=O) groups excluding carboxylic acids is 1. The molecular formula is C18H24N4O2. The first-order valence-corrected chi connectivity index (χ1v) is 8.37. The number of aliphatic hydroxyl groups excluding tert-OH is 1. The fourth-order valence-electron chi connectivity index (χ4n) is 3.27. The molecule has 1 aromatic carbocycles. The SMILES string of the molecule is CN(C[C@H](O)Cn1cccn1)[C@@H]1CCCN(c2ccccc2)C1=O. The summed E-state index contributed by atoms with van der Waals surface area (Å²) in [5.74, 6) is 0.112. The van der Waals surface area contributed by atoms with Crippen LogP contribution in [0.3, 0.4) is 0 Å². The second kappa shape index (κ2) is 7.59. The van der Waals surface area contributed by atoms with Gasteiger partial charge in [0.05, 0.1) is 18.7 Å². The van der Waals surface area contributed by atoms with Gasteiger partial charge >= 0.3 is 0 Å². The molecule has 0 unspecified atom stereocenters. The van der Waals surface area contributed by atoms with Crippen LogP contribution in [0.1, 0.15) is 12.8 Å². The predicted octanol–water partition coefficient (Wildman–Crippen LogP) is 1.37. The standard InChI is InChI=1S/C18H24N4O2/c1-20(13-16(23)14-21-11-6-10-19-21)17-9-5-12-22(18(17)24)15-7-3-2-4-8-15/h2-4,6-8,10-11,16-17,23H,5,9,12-14H2,1H3/t16-,17+/m0/s1. The number of hydrogen-bond acceptors (Lipinski definition) is 4. The number of para-hydroxylation sites is 1. The quantitative estimate of drug-likeness (QED) is 0.870. The van der Waals surface area contributed by atoms with E-state index in [0.29, 0.717) is 13.1 Å². The molecule has 1 aromatic heterocycles. The fourth-order valence-corrected chi connectivity index (χ4v) is 3.27. The summed E-state index contributed by atoms with van der Waals surface area (Å²) in [5, 5.41) is 14.4. The average molecular weight is 328 g/mol. The molecule has 3 rings (SSSR count). The largest absolute Gasteiger partial charge is 0.390 e. The highest BCUT2D eigenvalue weighted by Crippen LogP contribution is 2.23. The van der Waals surface area contributed by atoms with Crippen LogP contribution in [0.25, 0.3) is 0 Å². The molecule has 2 atom stereocenters. The van der Waals surface area contributed by atoms with Gasteiger partial charge < -0.3 is 10.0 Å². The molecule has 0 saturated carbocycles. The molecule has 128 valence electrons. The molecule has 1 aliphatic rings. The van der Waals surface area contributed by atoms with Crippen molar-refractivity contribution in [2.24, 2.45) is 0 Å². The molecule has 1 saturated heterocycles. The van der Waals surface area contributed by atoms with Gasteiger partial charge in [0.1, 0.15) is 0 Å². The van der Waals surface area contributed by atoms with Crippen molar-refractivity contribution in [3.63, 3.8) is 0 Å². The lowest BCUT2D eigenvalue weighted by molar-refractivity contribution is -0.125. The van der Waals surface area contributed by atoms with Crippen molar-refractivity contribution in [2.75, 3.05) is 25.0 Å². The van der Waals surface area contributed by atoms with Gasteiger partial charge in [-0.15, -0.1) is 0 Å². The van der Waals surface area contributed by atoms with Crippen molar-refractivity contribution in [2.45, 2.75) is 31.5 Å². The summed E-state index contributed by atoms with van der Waals surface area (Å²) in [6.07, 6.45) is 4.75. The lowest BCUT2D eigenvalue weighted by Gasteiger charge is -2.37. The van der Waals surface area contributed by atoms with Crippen molar-refractivity contribution in [3.8, 4) is 0 Å². The Labute approximate surface area is 142 Å². The Morgan fingerprint density at radius 2 is 2.12 bits per heavy atom. The maximum Gasteiger partial charge on any atom is 0.244 e. The van der Waals surface area contributed by atoms with E-state index in [0.717, 1.165) is 25.1 Å². The van der Waals surface area contributed by atoms with Crippen LogP contribution < -0.4 is 4.90 Å². The van der Waals surface area contributed by atoms with E-state index in [4.69, 9.17) is 0 Å². The zero-order chi connectivity index (χ0) is 16.9. The van der Waals surface area contributed by atoms with Gasteiger partial charge in [-0.05, 0) is 38.1 Å². The first-order valence-electron chi connectivity index (χ1n) is 8.37. The van der Waals surface area contributed by atoms with Gasteiger partial charge in [-0.1, -0.05) is 18.2 Å². The van der Waals surface area contributed by atoms with Crippen LogP contribution in [0.2, 0.25) is 0 Å². The lowest BCUT2D eigenvalue weighted by atomic mass is 10.0. The van der Waals surface area contributed by atoms with Gasteiger partial charge in [-0.2, -0.15) is 5.10 Å². The summed E-state index contributed by atoms with van der Waals surface area (Å²) in [6, 6.07) is 11.4. The molecule has 0 aliphatic carbocycles. The summed E-state index contributed by atoms with van der Waals surface area (Å²) < 4.78 is 1.71. The Morgan fingerprint density at radius 3 is 2.83 bits per heavy atom. The van der Waals surface area contributed by atoms with E-state index in [1.165, 1.54) is 0 Å². The Balaban J connectivity index is 1.61. The van der Waals surface area contributed by atoms with Crippen molar-refractivity contribution in [3.05, 3.63) is 48.8 Å². The Kier molecular flexibility index (Phi) is 5.27. The number of likely N-dealkylation sites (N-methyl/N-ethyl adjacent to an activating group) is 1. The zero-order valence-corrected chi connectivity index (χ0v) is 14.0. The number of amides is 1. The molecule has 0 spiro atoms. The highest BCUT2D eigenvalue weighted by Gasteiger charge is 2.33. The van der Waals surface area contributed by atoms with Crippen LogP contribution in [0.5, 0.6) is 0 Å². The van der Waals surface area contributed by atoms with Crippen molar-refractivity contribution in [1.29, 1.82) is 0 Å². The predicted molar refractivity (Wildman–Crippen MR) is 92.7 cm³/mol. The molecule has 2 aromatic rings. The molecule has 1 N–H and O–H groups in total. The fraction of sp³-hybridized carbons (Fsp3) is 0.444. The Morgan fingerprint density at radius 1 is 1.33 bits per heavy atom. The molecule has 24 heavy (non-hydrogen) atoms. The highest BCUT2D eigenvalue weighted by atomic mass is 16.3. The van der Waals surface area contributed by atoms with E-state index in [2.05, 4.69) is 5.10 Å². The molecule has 1 aliphatic heterocycles. The minimum atomic E-state index is -0.560. The second-order valence-corrected chi connectivity index (χ2v) is 6.30. The van der Waals surface area contributed by atoms with Crippen molar-refractivity contribution < 1.29 is 9.90 Å². The molecular weight excluding hydrogens is 304 g/mol. The average Bonchev–Trinajstić information content (AvgIpc) is 3.08. The molecule has 1 fully saturated rings. The summed E-state index contributed by atoms with van der Waals surface area (Å²) in [5.41, 5.74) is 0.942. The zero-order valence-electron chi connectivity index (χ0n) is 14.0. The summed E-state index contributed by atoms with van der Waals surface area (Å²) >= 11 is 0. The Bertz CT molecular complexity index is 644. The van der Waals surface area contributed by atoms with Gasteiger partial charge in [0.2, 0.25) is 5.91 Å². The number of carbonyl (C=O) groups is 1. The number of nitrogens with zero attached hydrogens (tertiary/aromatic N) is 4. The summed E-state index contributed by atoms with van der Waals surface area (Å²) in [7, 11) is 1.91. The van der Waals surface area contributed by atoms with Crippen LogP contribution >= 0.6 is 0 Å². The van der Waals surface area contributed by atoms with E-state index in [-0.39, 0.29) is 11.9 Å². The molecule has 6 heteroatoms. The third-order valence-corrected chi connectivity index (χ3v) is 4.47. The molecule has 2 heterocycles. The van der Waals surface area contributed by atoms with Crippen LogP contribution in [0, 0.1) is 0 Å². The number of benzene rings is 1. The van der Waals surface area contributed by atoms with Crippen LogP contribution in [-0.2, 0) is 11.3 Å². The van der Waals surface area contributed by atoms with Crippen molar-refractivity contribution in [1.82, 2.24) is 14.7 Å². The maximum absolute atomic E-state index is 12.9. The molecule has 1 amide bonds. The number of anilines is 1. The summed E-state index contributed by atoms with van der Waals surface area (Å²) in [4.78, 5) is 16.7. The monoisotopic (exact) mass is 328 g/mol. The first kappa shape index (κ1) is 16.7. The van der Waals surface area contributed by atoms with Gasteiger partial charge in [0, 0.05) is 31.2 Å². The number of rotatable bonds is 6. The van der Waals surface area contributed by atoms with Gasteiger partial charge in [-0.3, -0.25) is 14.4 Å². The third-order valence-electron chi connectivity index (χ3n) is 4.47. The van der Waals surface area contributed by atoms with E-state index in [1.54, 1.807) is 10.9 Å². The van der Waals surface area contributed by atoms with Crippen LogP contribution in [0.4, 0.5) is 5.69 Å². The second-order valence-electron chi connectivity index (χ2n) is 6.30.